The largest absolute Gasteiger partial charge is 0.381 e. The van der Waals surface area contributed by atoms with E-state index in [1.807, 2.05) is 26.2 Å². The standard InChI is InChI=1S/C21H25FN4OS/c1-21(28)25-19(14-3-5-16(22)6-4-14)20(26(21)2)15-7-10-23-18(13-15)24-17-8-11-27-12-9-17/h3-7,10,13,17,25,28H,8-9,11-12H2,1-2H3,(H,23,24). The summed E-state index contributed by atoms with van der Waals surface area (Å²) in [6.07, 6.45) is 3.77. The number of hydrogen-bond acceptors (Lipinski definition) is 6. The molecule has 2 N–H and O–H groups in total. The van der Waals surface area contributed by atoms with Crippen molar-refractivity contribution in [1.82, 2.24) is 15.2 Å². The fourth-order valence-corrected chi connectivity index (χ4v) is 3.85. The molecule has 1 aromatic heterocycles. The lowest BCUT2D eigenvalue weighted by Crippen LogP contribution is -2.42. The molecule has 0 saturated carbocycles. The lowest BCUT2D eigenvalue weighted by Gasteiger charge is -2.31. The Bertz CT molecular complexity index is 878. The van der Waals surface area contributed by atoms with Crippen LogP contribution in [-0.2, 0) is 4.74 Å². The quantitative estimate of drug-likeness (QED) is 0.682. The molecule has 7 heteroatoms. The summed E-state index contributed by atoms with van der Waals surface area (Å²) in [6.45, 7) is 3.55. The second kappa shape index (κ2) is 7.64. The number of rotatable bonds is 4. The maximum absolute atomic E-state index is 13.4. The van der Waals surface area contributed by atoms with E-state index in [0.29, 0.717) is 6.04 Å². The van der Waals surface area contributed by atoms with Crippen molar-refractivity contribution in [3.8, 4) is 0 Å². The van der Waals surface area contributed by atoms with E-state index in [1.165, 1.54) is 12.1 Å². The van der Waals surface area contributed by atoms with Gasteiger partial charge in [0, 0.05) is 43.6 Å². The summed E-state index contributed by atoms with van der Waals surface area (Å²) in [5.74, 6) is 0.592. The molecule has 1 saturated heterocycles. The fraction of sp³-hybridized carbons (Fsp3) is 0.381. The van der Waals surface area contributed by atoms with Crippen molar-refractivity contribution >= 4 is 29.8 Å². The van der Waals surface area contributed by atoms with Crippen LogP contribution in [0.2, 0.25) is 0 Å². The van der Waals surface area contributed by atoms with E-state index >= 15 is 0 Å². The molecule has 28 heavy (non-hydrogen) atoms. The molecular weight excluding hydrogens is 375 g/mol. The van der Waals surface area contributed by atoms with Gasteiger partial charge in [0.1, 0.15) is 11.6 Å². The Kier molecular flexibility index (Phi) is 5.21. The van der Waals surface area contributed by atoms with Gasteiger partial charge in [-0.15, -0.1) is 12.6 Å². The Balaban J connectivity index is 1.70. The highest BCUT2D eigenvalue weighted by Crippen LogP contribution is 2.40. The van der Waals surface area contributed by atoms with Crippen LogP contribution in [0, 0.1) is 5.82 Å². The summed E-state index contributed by atoms with van der Waals surface area (Å²) in [7, 11) is 2.00. The molecule has 0 aliphatic carbocycles. The van der Waals surface area contributed by atoms with Crippen molar-refractivity contribution in [3.63, 3.8) is 0 Å². The molecule has 1 aromatic carbocycles. The van der Waals surface area contributed by atoms with Crippen molar-refractivity contribution < 1.29 is 9.13 Å². The van der Waals surface area contributed by atoms with Crippen LogP contribution in [-0.4, -0.2) is 41.2 Å². The molecule has 2 aliphatic rings. The zero-order valence-corrected chi connectivity index (χ0v) is 17.0. The van der Waals surface area contributed by atoms with E-state index in [2.05, 4.69) is 26.6 Å². The minimum Gasteiger partial charge on any atom is -0.381 e. The first kappa shape index (κ1) is 19.1. The molecule has 148 valence electrons. The summed E-state index contributed by atoms with van der Waals surface area (Å²) < 4.78 is 18.8. The highest BCUT2D eigenvalue weighted by molar-refractivity contribution is 7.81. The van der Waals surface area contributed by atoms with Gasteiger partial charge in [0.25, 0.3) is 0 Å². The molecule has 1 atom stereocenters. The van der Waals surface area contributed by atoms with Crippen molar-refractivity contribution in [2.45, 2.75) is 30.8 Å². The average Bonchev–Trinajstić information content (AvgIpc) is 2.93. The molecule has 0 radical (unpaired) electrons. The Morgan fingerprint density at radius 3 is 2.64 bits per heavy atom. The molecule has 1 unspecified atom stereocenters. The van der Waals surface area contributed by atoms with Gasteiger partial charge in [-0.1, -0.05) is 0 Å². The number of thiol groups is 1. The summed E-state index contributed by atoms with van der Waals surface area (Å²) in [5, 5.41) is 6.98. The molecular formula is C21H25FN4OS. The number of nitrogens with zero attached hydrogens (tertiary/aromatic N) is 2. The summed E-state index contributed by atoms with van der Waals surface area (Å²) in [5.41, 5.74) is 3.86. The fourth-order valence-electron chi connectivity index (χ4n) is 3.64. The minimum absolute atomic E-state index is 0.252. The summed E-state index contributed by atoms with van der Waals surface area (Å²) in [6, 6.07) is 10.9. The van der Waals surface area contributed by atoms with Gasteiger partial charge in [-0.05, 0) is 56.2 Å². The second-order valence-electron chi connectivity index (χ2n) is 7.40. The second-order valence-corrected chi connectivity index (χ2v) is 8.27. The van der Waals surface area contributed by atoms with Gasteiger partial charge in [0.2, 0.25) is 0 Å². The van der Waals surface area contributed by atoms with Crippen LogP contribution >= 0.6 is 12.6 Å². The van der Waals surface area contributed by atoms with Crippen molar-refractivity contribution in [2.24, 2.45) is 0 Å². The van der Waals surface area contributed by atoms with Gasteiger partial charge < -0.3 is 20.3 Å². The molecule has 0 bridgehead atoms. The van der Waals surface area contributed by atoms with Crippen molar-refractivity contribution in [1.29, 1.82) is 0 Å². The van der Waals surface area contributed by atoms with Gasteiger partial charge in [0.15, 0.2) is 4.99 Å². The van der Waals surface area contributed by atoms with Gasteiger partial charge in [-0.3, -0.25) is 0 Å². The maximum Gasteiger partial charge on any atom is 0.153 e. The molecule has 2 aliphatic heterocycles. The molecule has 4 rings (SSSR count). The summed E-state index contributed by atoms with van der Waals surface area (Å²) >= 11 is 4.77. The molecule has 3 heterocycles. The zero-order chi connectivity index (χ0) is 19.7. The van der Waals surface area contributed by atoms with Gasteiger partial charge >= 0.3 is 0 Å². The lowest BCUT2D eigenvalue weighted by molar-refractivity contribution is 0.0904. The van der Waals surface area contributed by atoms with E-state index in [0.717, 1.165) is 54.4 Å². The van der Waals surface area contributed by atoms with Crippen molar-refractivity contribution in [2.75, 3.05) is 25.6 Å². The normalized spacial score (nSPS) is 23.1. The molecule has 1 fully saturated rings. The topological polar surface area (TPSA) is 49.4 Å². The molecule has 0 amide bonds. The predicted molar refractivity (Wildman–Crippen MR) is 113 cm³/mol. The van der Waals surface area contributed by atoms with Crippen LogP contribution in [0.15, 0.2) is 42.6 Å². The van der Waals surface area contributed by atoms with E-state index in [-0.39, 0.29) is 5.82 Å². The van der Waals surface area contributed by atoms with Crippen molar-refractivity contribution in [3.05, 3.63) is 59.5 Å². The van der Waals surface area contributed by atoms with Crippen LogP contribution < -0.4 is 10.6 Å². The van der Waals surface area contributed by atoms with Gasteiger partial charge in [0.05, 0.1) is 11.4 Å². The van der Waals surface area contributed by atoms with Crippen LogP contribution in [0.5, 0.6) is 0 Å². The van der Waals surface area contributed by atoms with E-state index in [4.69, 9.17) is 17.4 Å². The first-order valence-corrected chi connectivity index (χ1v) is 9.94. The van der Waals surface area contributed by atoms with Crippen LogP contribution in [0.4, 0.5) is 10.2 Å². The van der Waals surface area contributed by atoms with Crippen LogP contribution in [0.3, 0.4) is 0 Å². The molecule has 0 spiro atoms. The Hall–Kier alpha value is -2.25. The molecule has 5 nitrogen and oxygen atoms in total. The van der Waals surface area contributed by atoms with E-state index in [1.54, 1.807) is 12.1 Å². The number of benzene rings is 1. The first-order chi connectivity index (χ1) is 13.4. The summed E-state index contributed by atoms with van der Waals surface area (Å²) in [4.78, 5) is 6.02. The first-order valence-electron chi connectivity index (χ1n) is 9.49. The SMILES string of the molecule is CN1C(c2ccnc(NC3CCOCC3)c2)=C(c2ccc(F)cc2)NC1(C)S. The Labute approximate surface area is 170 Å². The highest BCUT2D eigenvalue weighted by Gasteiger charge is 2.37. The zero-order valence-electron chi connectivity index (χ0n) is 16.1. The third kappa shape index (κ3) is 3.82. The maximum atomic E-state index is 13.4. The van der Waals surface area contributed by atoms with Gasteiger partial charge in [-0.2, -0.15) is 0 Å². The molecule has 2 aromatic rings. The Morgan fingerprint density at radius 2 is 1.93 bits per heavy atom. The number of ether oxygens (including phenoxy) is 1. The minimum atomic E-state index is -0.559. The lowest BCUT2D eigenvalue weighted by atomic mass is 10.1. The third-order valence-electron chi connectivity index (χ3n) is 5.33. The Morgan fingerprint density at radius 1 is 1.21 bits per heavy atom. The van der Waals surface area contributed by atoms with E-state index in [9.17, 15) is 4.39 Å². The highest BCUT2D eigenvalue weighted by atomic mass is 32.1. The number of halogens is 1. The number of aromatic nitrogens is 1. The monoisotopic (exact) mass is 400 g/mol. The van der Waals surface area contributed by atoms with Gasteiger partial charge in [-0.25, -0.2) is 9.37 Å². The number of anilines is 1. The number of hydrogen-bond donors (Lipinski definition) is 3. The number of nitrogens with one attached hydrogen (secondary N) is 2. The average molecular weight is 401 g/mol. The van der Waals surface area contributed by atoms with E-state index < -0.39 is 4.99 Å². The third-order valence-corrected chi connectivity index (χ3v) is 5.74. The predicted octanol–water partition coefficient (Wildman–Crippen LogP) is 3.78. The number of pyridine rings is 1. The smallest absolute Gasteiger partial charge is 0.153 e. The van der Waals surface area contributed by atoms with Crippen LogP contribution in [0.25, 0.3) is 11.4 Å². The van der Waals surface area contributed by atoms with Crippen LogP contribution in [0.1, 0.15) is 30.9 Å².